The zero-order valence-electron chi connectivity index (χ0n) is 14.1. The van der Waals surface area contributed by atoms with Crippen molar-refractivity contribution >= 4 is 5.91 Å². The van der Waals surface area contributed by atoms with Gasteiger partial charge in [0.15, 0.2) is 0 Å². The van der Waals surface area contributed by atoms with Gasteiger partial charge in [0.1, 0.15) is 5.54 Å². The van der Waals surface area contributed by atoms with Crippen LogP contribution in [0.2, 0.25) is 0 Å². The predicted octanol–water partition coefficient (Wildman–Crippen LogP) is 0.975. The lowest BCUT2D eigenvalue weighted by molar-refractivity contribution is -0.171. The third-order valence-corrected chi connectivity index (χ3v) is 5.66. The van der Waals surface area contributed by atoms with Crippen molar-refractivity contribution in [2.24, 2.45) is 17.1 Å². The van der Waals surface area contributed by atoms with E-state index in [1.165, 1.54) is 0 Å². The van der Waals surface area contributed by atoms with Gasteiger partial charge in [0.05, 0.1) is 6.10 Å². The predicted molar refractivity (Wildman–Crippen MR) is 83.9 cm³/mol. The number of piperidine rings is 1. The molecule has 5 heteroatoms. The summed E-state index contributed by atoms with van der Waals surface area (Å²) in [7, 11) is 2.13. The standard InChI is InChI=1S/C16H31N3O2/c1-6-21-13-9-16(17,15(13,3)4)14(20)18-12-7-8-19(5)10-11(12)2/h11-13H,6-10,17H2,1-5H3,(H,18,20). The fourth-order valence-corrected chi connectivity index (χ4v) is 3.69. The van der Waals surface area contributed by atoms with Crippen LogP contribution in [-0.4, -0.2) is 55.2 Å². The molecule has 0 aromatic rings. The van der Waals surface area contributed by atoms with E-state index in [9.17, 15) is 4.79 Å². The first-order valence-electron chi connectivity index (χ1n) is 8.12. The number of ether oxygens (including phenoxy) is 1. The van der Waals surface area contributed by atoms with Gasteiger partial charge in [-0.25, -0.2) is 0 Å². The molecule has 1 heterocycles. The summed E-state index contributed by atoms with van der Waals surface area (Å²) in [5, 5.41) is 3.20. The van der Waals surface area contributed by atoms with Gasteiger partial charge in [0.25, 0.3) is 0 Å². The van der Waals surface area contributed by atoms with Crippen LogP contribution >= 0.6 is 0 Å². The Morgan fingerprint density at radius 2 is 2.14 bits per heavy atom. The van der Waals surface area contributed by atoms with Crippen LogP contribution in [0.25, 0.3) is 0 Å². The molecule has 1 amide bonds. The zero-order valence-corrected chi connectivity index (χ0v) is 14.1. The van der Waals surface area contributed by atoms with E-state index < -0.39 is 5.54 Å². The monoisotopic (exact) mass is 297 g/mol. The van der Waals surface area contributed by atoms with Crippen molar-refractivity contribution in [1.29, 1.82) is 0 Å². The van der Waals surface area contributed by atoms with Crippen molar-refractivity contribution in [3.63, 3.8) is 0 Å². The van der Waals surface area contributed by atoms with E-state index in [0.29, 0.717) is 18.9 Å². The van der Waals surface area contributed by atoms with Crippen molar-refractivity contribution in [3.8, 4) is 0 Å². The Bertz CT molecular complexity index is 399. The molecule has 2 rings (SSSR count). The largest absolute Gasteiger partial charge is 0.378 e. The molecule has 1 saturated carbocycles. The van der Waals surface area contributed by atoms with Crippen LogP contribution in [0.15, 0.2) is 0 Å². The Morgan fingerprint density at radius 1 is 1.48 bits per heavy atom. The number of nitrogens with two attached hydrogens (primary N) is 1. The molecule has 5 nitrogen and oxygen atoms in total. The van der Waals surface area contributed by atoms with Gasteiger partial charge < -0.3 is 20.7 Å². The van der Waals surface area contributed by atoms with Crippen LogP contribution < -0.4 is 11.1 Å². The fraction of sp³-hybridized carbons (Fsp3) is 0.938. The van der Waals surface area contributed by atoms with Gasteiger partial charge in [-0.3, -0.25) is 4.79 Å². The molecule has 0 radical (unpaired) electrons. The van der Waals surface area contributed by atoms with Gasteiger partial charge in [-0.15, -0.1) is 0 Å². The number of carbonyl (C=O) groups excluding carboxylic acids is 1. The average Bonchev–Trinajstić information content (AvgIpc) is 2.41. The molecule has 3 N–H and O–H groups in total. The van der Waals surface area contributed by atoms with Gasteiger partial charge >= 0.3 is 0 Å². The molecule has 1 aliphatic carbocycles. The fourth-order valence-electron chi connectivity index (χ4n) is 3.69. The van der Waals surface area contributed by atoms with E-state index >= 15 is 0 Å². The maximum Gasteiger partial charge on any atom is 0.241 e. The number of rotatable bonds is 4. The average molecular weight is 297 g/mol. The summed E-state index contributed by atoms with van der Waals surface area (Å²) in [5.74, 6) is 0.451. The molecular weight excluding hydrogens is 266 g/mol. The maximum atomic E-state index is 12.7. The van der Waals surface area contributed by atoms with Gasteiger partial charge in [0, 0.05) is 31.0 Å². The number of nitrogens with one attached hydrogen (secondary N) is 1. The van der Waals surface area contributed by atoms with Crippen molar-refractivity contribution < 1.29 is 9.53 Å². The topological polar surface area (TPSA) is 67.6 Å². The highest BCUT2D eigenvalue weighted by Crippen LogP contribution is 2.49. The molecule has 122 valence electrons. The van der Waals surface area contributed by atoms with Crippen molar-refractivity contribution in [1.82, 2.24) is 10.2 Å². The van der Waals surface area contributed by atoms with E-state index in [2.05, 4.69) is 24.2 Å². The van der Waals surface area contributed by atoms with Crippen LogP contribution in [0.4, 0.5) is 0 Å². The van der Waals surface area contributed by atoms with Crippen molar-refractivity contribution in [3.05, 3.63) is 0 Å². The molecule has 0 aromatic heterocycles. The quantitative estimate of drug-likeness (QED) is 0.811. The lowest BCUT2D eigenvalue weighted by Crippen LogP contribution is -2.76. The highest BCUT2D eigenvalue weighted by molar-refractivity contribution is 5.89. The van der Waals surface area contributed by atoms with Crippen LogP contribution in [0, 0.1) is 11.3 Å². The number of nitrogens with zero attached hydrogens (tertiary/aromatic N) is 1. The number of amides is 1. The highest BCUT2D eigenvalue weighted by atomic mass is 16.5. The maximum absolute atomic E-state index is 12.7. The van der Waals surface area contributed by atoms with E-state index in [1.807, 2.05) is 20.8 Å². The summed E-state index contributed by atoms with van der Waals surface area (Å²) in [6, 6.07) is 0.232. The first-order chi connectivity index (χ1) is 9.72. The van der Waals surface area contributed by atoms with Gasteiger partial charge in [-0.2, -0.15) is 0 Å². The minimum Gasteiger partial charge on any atom is -0.378 e. The minimum absolute atomic E-state index is 0.00939. The van der Waals surface area contributed by atoms with Crippen LogP contribution in [-0.2, 0) is 9.53 Å². The Morgan fingerprint density at radius 3 is 2.67 bits per heavy atom. The number of hydrogen-bond donors (Lipinski definition) is 2. The smallest absolute Gasteiger partial charge is 0.241 e. The molecule has 0 bridgehead atoms. The number of likely N-dealkylation sites (tertiary alicyclic amines) is 1. The summed E-state index contributed by atoms with van der Waals surface area (Å²) in [6.07, 6.45) is 1.68. The van der Waals surface area contributed by atoms with Gasteiger partial charge in [-0.05, 0) is 32.9 Å². The van der Waals surface area contributed by atoms with Crippen LogP contribution in [0.3, 0.4) is 0 Å². The summed E-state index contributed by atoms with van der Waals surface area (Å²) in [4.78, 5) is 15.0. The SMILES string of the molecule is CCOC1CC(N)(C(=O)NC2CCN(C)CC2C)C1(C)C. The lowest BCUT2D eigenvalue weighted by Gasteiger charge is -2.58. The molecule has 2 aliphatic rings. The van der Waals surface area contributed by atoms with Crippen molar-refractivity contribution in [2.75, 3.05) is 26.7 Å². The second-order valence-electron chi connectivity index (χ2n) is 7.45. The molecule has 4 atom stereocenters. The normalized spacial score (nSPS) is 39.6. The molecule has 0 aromatic carbocycles. The first-order valence-corrected chi connectivity index (χ1v) is 8.12. The molecular formula is C16H31N3O2. The van der Waals surface area contributed by atoms with Gasteiger partial charge in [0.2, 0.25) is 5.91 Å². The molecule has 1 aliphatic heterocycles. The highest BCUT2D eigenvalue weighted by Gasteiger charge is 2.63. The summed E-state index contributed by atoms with van der Waals surface area (Å²) < 4.78 is 5.70. The molecule has 4 unspecified atom stereocenters. The minimum atomic E-state index is -0.810. The summed E-state index contributed by atoms with van der Waals surface area (Å²) >= 11 is 0. The van der Waals surface area contributed by atoms with E-state index in [4.69, 9.17) is 10.5 Å². The third kappa shape index (κ3) is 2.83. The Labute approximate surface area is 128 Å². The number of carbonyl (C=O) groups is 1. The Balaban J connectivity index is 1.97. The molecule has 2 fully saturated rings. The summed E-state index contributed by atoms with van der Waals surface area (Å²) in [6.45, 7) is 11.0. The zero-order chi connectivity index (χ0) is 15.8. The second kappa shape index (κ2) is 5.86. The summed E-state index contributed by atoms with van der Waals surface area (Å²) in [5.41, 5.74) is 5.30. The molecule has 21 heavy (non-hydrogen) atoms. The first kappa shape index (κ1) is 16.7. The van der Waals surface area contributed by atoms with Crippen molar-refractivity contribution in [2.45, 2.75) is 58.2 Å². The van der Waals surface area contributed by atoms with Gasteiger partial charge in [-0.1, -0.05) is 20.8 Å². The third-order valence-electron chi connectivity index (χ3n) is 5.66. The molecule has 0 spiro atoms. The Kier molecular flexibility index (Phi) is 4.66. The second-order valence-corrected chi connectivity index (χ2v) is 7.45. The van der Waals surface area contributed by atoms with E-state index in [0.717, 1.165) is 19.5 Å². The lowest BCUT2D eigenvalue weighted by atomic mass is 9.54. The van der Waals surface area contributed by atoms with Crippen LogP contribution in [0.1, 0.15) is 40.5 Å². The molecule has 1 saturated heterocycles. The van der Waals surface area contributed by atoms with Crippen LogP contribution in [0.5, 0.6) is 0 Å². The van der Waals surface area contributed by atoms with E-state index in [1.54, 1.807) is 0 Å². The van der Waals surface area contributed by atoms with E-state index in [-0.39, 0.29) is 23.5 Å². The Hall–Kier alpha value is -0.650. The number of hydrogen-bond acceptors (Lipinski definition) is 4.